The normalized spacial score (nSPS) is 33.8. The lowest BCUT2D eigenvalue weighted by molar-refractivity contribution is -0.137. The molecule has 17 heavy (non-hydrogen) atoms. The average molecular weight is 259 g/mol. The van der Waals surface area contributed by atoms with Gasteiger partial charge in [0.1, 0.15) is 0 Å². The first-order chi connectivity index (χ1) is 7.73. The summed E-state index contributed by atoms with van der Waals surface area (Å²) in [6.07, 6.45) is 7.01. The molecule has 3 nitrogen and oxygen atoms in total. The number of carbonyl (C=O) groups is 1. The van der Waals surface area contributed by atoms with Gasteiger partial charge in [-0.2, -0.15) is 0 Å². The van der Waals surface area contributed by atoms with Crippen LogP contribution in [0, 0.1) is 5.41 Å². The minimum atomic E-state index is 0. The lowest BCUT2D eigenvalue weighted by Crippen LogP contribution is -2.42. The highest BCUT2D eigenvalue weighted by Crippen LogP contribution is 2.50. The Morgan fingerprint density at radius 3 is 2.65 bits per heavy atom. The molecular weight excluding hydrogens is 236 g/mol. The van der Waals surface area contributed by atoms with Crippen LogP contribution < -0.4 is 5.32 Å². The summed E-state index contributed by atoms with van der Waals surface area (Å²) in [4.78, 5) is 14.6. The van der Waals surface area contributed by atoms with Gasteiger partial charge in [-0.3, -0.25) is 4.79 Å². The van der Waals surface area contributed by atoms with Crippen LogP contribution in [0.2, 0.25) is 0 Å². The van der Waals surface area contributed by atoms with Gasteiger partial charge in [-0.1, -0.05) is 6.92 Å². The van der Waals surface area contributed by atoms with E-state index in [1.54, 1.807) is 0 Å². The number of hydrogen-bond acceptors (Lipinski definition) is 2. The fourth-order valence-electron chi connectivity index (χ4n) is 3.33. The second-order valence-electron chi connectivity index (χ2n) is 5.81. The fourth-order valence-corrected chi connectivity index (χ4v) is 3.33. The molecule has 1 saturated carbocycles. The van der Waals surface area contributed by atoms with Crippen molar-refractivity contribution in [2.45, 2.75) is 57.5 Å². The van der Waals surface area contributed by atoms with E-state index in [9.17, 15) is 4.79 Å². The van der Waals surface area contributed by atoms with Crippen molar-refractivity contribution in [1.82, 2.24) is 10.2 Å². The van der Waals surface area contributed by atoms with Crippen molar-refractivity contribution in [3.63, 3.8) is 0 Å². The van der Waals surface area contributed by atoms with Crippen LogP contribution in [0.15, 0.2) is 0 Å². The summed E-state index contributed by atoms with van der Waals surface area (Å²) in [7, 11) is 0. The minimum absolute atomic E-state index is 0. The van der Waals surface area contributed by atoms with Gasteiger partial charge in [-0.25, -0.2) is 0 Å². The Labute approximate surface area is 110 Å². The van der Waals surface area contributed by atoms with E-state index in [1.807, 2.05) is 0 Å². The number of halogens is 1. The average Bonchev–Trinajstić information content (AvgIpc) is 2.99. The van der Waals surface area contributed by atoms with E-state index in [1.165, 1.54) is 12.8 Å². The first-order valence-electron chi connectivity index (χ1n) is 6.79. The van der Waals surface area contributed by atoms with Crippen LogP contribution in [0.4, 0.5) is 0 Å². The van der Waals surface area contributed by atoms with Gasteiger partial charge in [0.05, 0.1) is 0 Å². The molecule has 0 aromatic carbocycles. The molecule has 0 aromatic heterocycles. The molecule has 0 radical (unpaired) electrons. The van der Waals surface area contributed by atoms with Crippen molar-refractivity contribution in [3.8, 4) is 0 Å². The number of fused-ring (bicyclic) bond motifs is 2. The maximum absolute atomic E-state index is 12.4. The Balaban J connectivity index is 0.00000108. The molecule has 3 rings (SSSR count). The van der Waals surface area contributed by atoms with Crippen molar-refractivity contribution in [2.24, 2.45) is 5.41 Å². The van der Waals surface area contributed by atoms with Crippen molar-refractivity contribution in [1.29, 1.82) is 0 Å². The summed E-state index contributed by atoms with van der Waals surface area (Å²) in [6.45, 7) is 4.10. The van der Waals surface area contributed by atoms with Gasteiger partial charge in [-0.05, 0) is 38.5 Å². The number of likely N-dealkylation sites (tertiary alicyclic amines) is 1. The van der Waals surface area contributed by atoms with E-state index in [0.29, 0.717) is 18.0 Å². The molecule has 4 heteroatoms. The molecule has 2 atom stereocenters. The first kappa shape index (κ1) is 13.2. The van der Waals surface area contributed by atoms with Crippen LogP contribution in [-0.4, -0.2) is 36.0 Å². The molecule has 98 valence electrons. The third-order valence-corrected chi connectivity index (χ3v) is 4.79. The Morgan fingerprint density at radius 1 is 1.29 bits per heavy atom. The number of hydrogen-bond donors (Lipinski definition) is 1. The minimum Gasteiger partial charge on any atom is -0.341 e. The van der Waals surface area contributed by atoms with E-state index < -0.39 is 0 Å². The fraction of sp³-hybridized carbons (Fsp3) is 0.923. The third kappa shape index (κ3) is 2.32. The van der Waals surface area contributed by atoms with Crippen LogP contribution >= 0.6 is 12.4 Å². The largest absolute Gasteiger partial charge is 0.341 e. The lowest BCUT2D eigenvalue weighted by atomic mass is 10.00. The van der Waals surface area contributed by atoms with Crippen LogP contribution in [0.25, 0.3) is 0 Å². The number of amides is 1. The van der Waals surface area contributed by atoms with Crippen LogP contribution in [0.1, 0.15) is 45.4 Å². The predicted octanol–water partition coefficient (Wildman–Crippen LogP) is 1.95. The maximum Gasteiger partial charge on any atom is 0.228 e. The number of carbonyl (C=O) groups excluding carboxylic acids is 1. The highest BCUT2D eigenvalue weighted by molar-refractivity contribution is 5.85. The third-order valence-electron chi connectivity index (χ3n) is 4.79. The zero-order valence-electron chi connectivity index (χ0n) is 10.6. The van der Waals surface area contributed by atoms with E-state index in [2.05, 4.69) is 17.1 Å². The number of nitrogens with one attached hydrogen (secondary N) is 1. The molecule has 2 aliphatic heterocycles. The topological polar surface area (TPSA) is 32.3 Å². The van der Waals surface area contributed by atoms with Gasteiger partial charge in [-0.15, -0.1) is 12.4 Å². The van der Waals surface area contributed by atoms with Crippen molar-refractivity contribution in [2.75, 3.05) is 13.1 Å². The zero-order chi connectivity index (χ0) is 11.2. The van der Waals surface area contributed by atoms with E-state index in [-0.39, 0.29) is 17.8 Å². The molecule has 3 fully saturated rings. The molecular formula is C13H23ClN2O. The van der Waals surface area contributed by atoms with Gasteiger partial charge >= 0.3 is 0 Å². The highest BCUT2D eigenvalue weighted by Gasteiger charge is 2.50. The number of rotatable bonds is 2. The Bertz CT molecular complexity index is 304. The monoisotopic (exact) mass is 258 g/mol. The molecule has 2 heterocycles. The standard InChI is InChI=1S/C13H22N2O.ClH/c1-2-13(6-7-13)12(16)15-8-5-10-3-4-11(9-15)14-10;/h10-11,14H,2-9H2,1H3;1H. The highest BCUT2D eigenvalue weighted by atomic mass is 35.5. The molecule has 0 aromatic rings. The summed E-state index contributed by atoms with van der Waals surface area (Å²) in [5, 5.41) is 3.63. The summed E-state index contributed by atoms with van der Waals surface area (Å²) >= 11 is 0. The van der Waals surface area contributed by atoms with Gasteiger partial charge < -0.3 is 10.2 Å². The SMILES string of the molecule is CCC1(C(=O)N2CCC3CCC(C2)N3)CC1.Cl. The molecule has 1 N–H and O–H groups in total. The van der Waals surface area contributed by atoms with Crippen LogP contribution in [0.5, 0.6) is 0 Å². The Kier molecular flexibility index (Phi) is 3.69. The van der Waals surface area contributed by atoms with Gasteiger partial charge in [0, 0.05) is 30.6 Å². The smallest absolute Gasteiger partial charge is 0.228 e. The van der Waals surface area contributed by atoms with Crippen LogP contribution in [-0.2, 0) is 4.79 Å². The predicted molar refractivity (Wildman–Crippen MR) is 70.3 cm³/mol. The van der Waals surface area contributed by atoms with E-state index >= 15 is 0 Å². The molecule has 3 aliphatic rings. The molecule has 2 unspecified atom stereocenters. The summed E-state index contributed by atoms with van der Waals surface area (Å²) in [5.74, 6) is 0.448. The van der Waals surface area contributed by atoms with Gasteiger partial charge in [0.15, 0.2) is 0 Å². The molecule has 1 aliphatic carbocycles. The maximum atomic E-state index is 12.4. The lowest BCUT2D eigenvalue weighted by Gasteiger charge is -2.28. The van der Waals surface area contributed by atoms with Crippen molar-refractivity contribution >= 4 is 18.3 Å². The zero-order valence-corrected chi connectivity index (χ0v) is 11.4. The quantitative estimate of drug-likeness (QED) is 0.821. The van der Waals surface area contributed by atoms with Crippen LogP contribution in [0.3, 0.4) is 0 Å². The second kappa shape index (κ2) is 4.77. The first-order valence-corrected chi connectivity index (χ1v) is 6.79. The molecule has 0 spiro atoms. The summed E-state index contributed by atoms with van der Waals surface area (Å²) in [6, 6.07) is 1.25. The second-order valence-corrected chi connectivity index (χ2v) is 5.81. The summed E-state index contributed by atoms with van der Waals surface area (Å²) in [5.41, 5.74) is 0.0591. The summed E-state index contributed by atoms with van der Waals surface area (Å²) < 4.78 is 0. The van der Waals surface area contributed by atoms with Gasteiger partial charge in [0.25, 0.3) is 0 Å². The molecule has 2 bridgehead atoms. The van der Waals surface area contributed by atoms with Gasteiger partial charge in [0.2, 0.25) is 5.91 Å². The van der Waals surface area contributed by atoms with Crippen molar-refractivity contribution in [3.05, 3.63) is 0 Å². The Morgan fingerprint density at radius 2 is 2.00 bits per heavy atom. The van der Waals surface area contributed by atoms with E-state index in [4.69, 9.17) is 0 Å². The molecule has 2 saturated heterocycles. The number of nitrogens with zero attached hydrogens (tertiary/aromatic N) is 1. The van der Waals surface area contributed by atoms with Crippen molar-refractivity contribution < 1.29 is 4.79 Å². The molecule has 1 amide bonds. The Hall–Kier alpha value is -0.280. The van der Waals surface area contributed by atoms with E-state index in [0.717, 1.165) is 38.8 Å².